The van der Waals surface area contributed by atoms with Crippen molar-refractivity contribution in [3.05, 3.63) is 36.7 Å². The van der Waals surface area contributed by atoms with Gasteiger partial charge in [0.05, 0.1) is 27.3 Å². The fourth-order valence-corrected chi connectivity index (χ4v) is 3.30. The molecule has 1 aromatic carbocycles. The highest BCUT2D eigenvalue weighted by Crippen LogP contribution is 2.30. The molecule has 1 saturated heterocycles. The van der Waals surface area contributed by atoms with Crippen LogP contribution < -0.4 is 25.0 Å². The van der Waals surface area contributed by atoms with Gasteiger partial charge < -0.3 is 25.0 Å². The smallest absolute Gasteiger partial charge is 0.191 e. The van der Waals surface area contributed by atoms with Crippen LogP contribution >= 0.6 is 0 Å². The van der Waals surface area contributed by atoms with Crippen molar-refractivity contribution in [1.82, 2.24) is 20.4 Å². The Hall–Kier alpha value is -2.90. The summed E-state index contributed by atoms with van der Waals surface area (Å²) in [5.74, 6) is 2.46. The molecule has 0 bridgehead atoms. The zero-order valence-electron chi connectivity index (χ0n) is 16.9. The number of rotatable bonds is 8. The number of benzene rings is 1. The molecule has 0 radical (unpaired) electrons. The van der Waals surface area contributed by atoms with Crippen molar-refractivity contribution >= 4 is 11.6 Å². The van der Waals surface area contributed by atoms with Gasteiger partial charge >= 0.3 is 0 Å². The minimum atomic E-state index is 0.333. The summed E-state index contributed by atoms with van der Waals surface area (Å²) in [6, 6.07) is 8.25. The molecule has 1 aliphatic heterocycles. The van der Waals surface area contributed by atoms with Crippen molar-refractivity contribution in [2.75, 3.05) is 45.3 Å². The summed E-state index contributed by atoms with van der Waals surface area (Å²) in [5, 5.41) is 11.1. The van der Waals surface area contributed by atoms with E-state index in [1.54, 1.807) is 20.4 Å². The second-order valence-electron chi connectivity index (χ2n) is 6.68. The average Bonchev–Trinajstić information content (AvgIpc) is 3.40. The molecule has 1 unspecified atom stereocenters. The zero-order valence-corrected chi connectivity index (χ0v) is 16.9. The number of ether oxygens (including phenoxy) is 2. The third-order valence-corrected chi connectivity index (χ3v) is 4.73. The molecule has 0 aliphatic carbocycles. The third kappa shape index (κ3) is 5.31. The lowest BCUT2D eigenvalue weighted by atomic mass is 10.2. The van der Waals surface area contributed by atoms with Crippen LogP contribution in [0.5, 0.6) is 11.5 Å². The molecule has 2 heterocycles. The lowest BCUT2D eigenvalue weighted by Gasteiger charge is -2.21. The number of nitrogens with zero attached hydrogens (tertiary/aromatic N) is 4. The largest absolute Gasteiger partial charge is 0.497 e. The molecular weight excluding hydrogens is 356 g/mol. The van der Waals surface area contributed by atoms with Crippen LogP contribution in [0.2, 0.25) is 0 Å². The number of aromatic nitrogens is 2. The minimum Gasteiger partial charge on any atom is -0.497 e. The molecule has 0 spiro atoms. The molecular formula is C20H30N6O2. The third-order valence-electron chi connectivity index (χ3n) is 4.73. The van der Waals surface area contributed by atoms with Crippen LogP contribution in [0, 0.1) is 0 Å². The minimum absolute atomic E-state index is 0.333. The van der Waals surface area contributed by atoms with Crippen LogP contribution in [0.25, 0.3) is 0 Å². The molecule has 1 aromatic heterocycles. The molecule has 3 rings (SSSR count). The maximum atomic E-state index is 5.40. The molecule has 2 N–H and O–H groups in total. The predicted octanol–water partition coefficient (Wildman–Crippen LogP) is 1.73. The number of anilines is 1. The quantitative estimate of drug-likeness (QED) is 0.532. The SMILES string of the molecule is CCNC(=NCCn1cccn1)NC1CCN(c2cc(OC)cc(OC)c2)C1. The Kier molecular flexibility index (Phi) is 7.00. The van der Waals surface area contributed by atoms with Gasteiger partial charge in [0, 0.05) is 62.0 Å². The lowest BCUT2D eigenvalue weighted by molar-refractivity contribution is 0.394. The number of hydrogen-bond acceptors (Lipinski definition) is 5. The summed E-state index contributed by atoms with van der Waals surface area (Å²) in [5.41, 5.74) is 1.11. The van der Waals surface area contributed by atoms with E-state index in [4.69, 9.17) is 9.47 Å². The van der Waals surface area contributed by atoms with Crippen molar-refractivity contribution in [1.29, 1.82) is 0 Å². The van der Waals surface area contributed by atoms with Crippen LogP contribution in [0.4, 0.5) is 5.69 Å². The summed E-state index contributed by atoms with van der Waals surface area (Å²) in [7, 11) is 3.35. The number of methoxy groups -OCH3 is 2. The topological polar surface area (TPSA) is 75.9 Å². The van der Waals surface area contributed by atoms with Gasteiger partial charge in [-0.2, -0.15) is 5.10 Å². The molecule has 152 valence electrons. The Labute approximate surface area is 166 Å². The van der Waals surface area contributed by atoms with Crippen molar-refractivity contribution in [2.45, 2.75) is 25.9 Å². The van der Waals surface area contributed by atoms with E-state index in [-0.39, 0.29) is 0 Å². The van der Waals surface area contributed by atoms with E-state index < -0.39 is 0 Å². The van der Waals surface area contributed by atoms with Crippen molar-refractivity contribution in [3.63, 3.8) is 0 Å². The van der Waals surface area contributed by atoms with E-state index in [1.807, 2.05) is 35.1 Å². The molecule has 0 saturated carbocycles. The van der Waals surface area contributed by atoms with E-state index in [2.05, 4.69) is 32.5 Å². The van der Waals surface area contributed by atoms with E-state index in [9.17, 15) is 0 Å². The van der Waals surface area contributed by atoms with Crippen molar-refractivity contribution < 1.29 is 9.47 Å². The first-order chi connectivity index (χ1) is 13.7. The van der Waals surface area contributed by atoms with E-state index in [1.165, 1.54) is 0 Å². The van der Waals surface area contributed by atoms with Gasteiger partial charge in [-0.05, 0) is 19.4 Å². The Morgan fingerprint density at radius 2 is 2.04 bits per heavy atom. The van der Waals surface area contributed by atoms with Gasteiger partial charge in [-0.25, -0.2) is 0 Å². The monoisotopic (exact) mass is 386 g/mol. The highest BCUT2D eigenvalue weighted by atomic mass is 16.5. The number of nitrogens with one attached hydrogen (secondary N) is 2. The first-order valence-corrected chi connectivity index (χ1v) is 9.72. The molecule has 2 aromatic rings. The van der Waals surface area contributed by atoms with Crippen LogP contribution in [0.1, 0.15) is 13.3 Å². The number of hydrogen-bond donors (Lipinski definition) is 2. The summed E-state index contributed by atoms with van der Waals surface area (Å²) < 4.78 is 12.7. The molecule has 8 nitrogen and oxygen atoms in total. The standard InChI is InChI=1S/C20H30N6O2/c1-4-21-20(22-8-11-26-9-5-7-23-26)24-16-6-10-25(15-16)17-12-18(27-2)14-19(13-17)28-3/h5,7,9,12-14,16H,4,6,8,10-11,15H2,1-3H3,(H2,21,22,24). The Morgan fingerprint density at radius 3 is 2.68 bits per heavy atom. The van der Waals surface area contributed by atoms with Gasteiger partial charge in [0.1, 0.15) is 11.5 Å². The van der Waals surface area contributed by atoms with Crippen LogP contribution in [-0.2, 0) is 6.54 Å². The van der Waals surface area contributed by atoms with Crippen molar-refractivity contribution in [2.24, 2.45) is 4.99 Å². The molecule has 1 fully saturated rings. The Balaban J connectivity index is 1.58. The number of guanidine groups is 1. The van der Waals surface area contributed by atoms with E-state index >= 15 is 0 Å². The highest BCUT2D eigenvalue weighted by Gasteiger charge is 2.24. The van der Waals surface area contributed by atoms with E-state index in [0.29, 0.717) is 12.6 Å². The maximum absolute atomic E-state index is 5.40. The van der Waals surface area contributed by atoms with E-state index in [0.717, 1.165) is 55.7 Å². The zero-order chi connectivity index (χ0) is 19.8. The highest BCUT2D eigenvalue weighted by molar-refractivity contribution is 5.80. The van der Waals surface area contributed by atoms with Gasteiger partial charge in [-0.15, -0.1) is 0 Å². The fraction of sp³-hybridized carbons (Fsp3) is 0.500. The molecule has 0 amide bonds. The Bertz CT molecular complexity index is 740. The predicted molar refractivity (Wildman–Crippen MR) is 112 cm³/mol. The summed E-state index contributed by atoms with van der Waals surface area (Å²) in [4.78, 5) is 7.02. The van der Waals surface area contributed by atoms with Gasteiger partial charge in [0.15, 0.2) is 5.96 Å². The average molecular weight is 387 g/mol. The summed E-state index contributed by atoms with van der Waals surface area (Å²) >= 11 is 0. The first-order valence-electron chi connectivity index (χ1n) is 9.72. The first kappa shape index (κ1) is 19.9. The van der Waals surface area contributed by atoms with Crippen LogP contribution in [0.3, 0.4) is 0 Å². The summed E-state index contributed by atoms with van der Waals surface area (Å²) in [6.45, 7) is 6.23. The fourth-order valence-electron chi connectivity index (χ4n) is 3.30. The summed E-state index contributed by atoms with van der Waals surface area (Å²) in [6.07, 6.45) is 4.78. The molecule has 8 heteroatoms. The number of aliphatic imine (C=N–C) groups is 1. The van der Waals surface area contributed by atoms with Crippen LogP contribution in [0.15, 0.2) is 41.7 Å². The van der Waals surface area contributed by atoms with Crippen LogP contribution in [-0.4, -0.2) is 62.2 Å². The van der Waals surface area contributed by atoms with Crippen molar-refractivity contribution in [3.8, 4) is 11.5 Å². The molecule has 28 heavy (non-hydrogen) atoms. The second kappa shape index (κ2) is 9.87. The van der Waals surface area contributed by atoms with Gasteiger partial charge in [-0.3, -0.25) is 9.67 Å². The van der Waals surface area contributed by atoms with Gasteiger partial charge in [0.25, 0.3) is 0 Å². The Morgan fingerprint density at radius 1 is 1.25 bits per heavy atom. The molecule has 1 atom stereocenters. The maximum Gasteiger partial charge on any atom is 0.191 e. The van der Waals surface area contributed by atoms with Gasteiger partial charge in [0.2, 0.25) is 0 Å². The second-order valence-corrected chi connectivity index (χ2v) is 6.68. The lowest BCUT2D eigenvalue weighted by Crippen LogP contribution is -2.44. The van der Waals surface area contributed by atoms with Gasteiger partial charge in [-0.1, -0.05) is 0 Å². The normalized spacial score (nSPS) is 16.9. The molecule has 1 aliphatic rings.